The molecule has 2 bridgehead atoms. The van der Waals surface area contributed by atoms with Crippen molar-refractivity contribution >= 4 is 6.09 Å². The minimum Gasteiger partial charge on any atom is -0.444 e. The van der Waals surface area contributed by atoms with E-state index in [9.17, 15) is 4.79 Å². The summed E-state index contributed by atoms with van der Waals surface area (Å²) in [6.45, 7) is 10.6. The fourth-order valence-corrected chi connectivity index (χ4v) is 5.31. The van der Waals surface area contributed by atoms with Crippen LogP contribution < -0.4 is 10.6 Å². The Bertz CT molecular complexity index is 455. The Balaban J connectivity index is 1.47. The lowest BCUT2D eigenvalue weighted by Gasteiger charge is -2.35. The van der Waals surface area contributed by atoms with Crippen LogP contribution >= 0.6 is 0 Å². The van der Waals surface area contributed by atoms with Crippen molar-refractivity contribution in [2.45, 2.75) is 83.9 Å². The molecular weight excluding hydrogens is 288 g/mol. The van der Waals surface area contributed by atoms with Crippen LogP contribution in [0.3, 0.4) is 0 Å². The Hall–Kier alpha value is -0.770. The summed E-state index contributed by atoms with van der Waals surface area (Å²) >= 11 is 0. The highest BCUT2D eigenvalue weighted by Crippen LogP contribution is 2.58. The average molecular weight is 322 g/mol. The van der Waals surface area contributed by atoms with Crippen molar-refractivity contribution in [2.24, 2.45) is 23.7 Å². The van der Waals surface area contributed by atoms with E-state index in [1.54, 1.807) is 0 Å². The molecule has 4 nitrogen and oxygen atoms in total. The molecule has 0 aromatic carbocycles. The number of nitrogens with one attached hydrogen (secondary N) is 2. The lowest BCUT2D eigenvalue weighted by Crippen LogP contribution is -2.54. The first-order valence-corrected chi connectivity index (χ1v) is 9.39. The highest BCUT2D eigenvalue weighted by atomic mass is 16.6. The number of hydrogen-bond acceptors (Lipinski definition) is 3. The van der Waals surface area contributed by atoms with E-state index in [-0.39, 0.29) is 11.6 Å². The summed E-state index contributed by atoms with van der Waals surface area (Å²) in [5.74, 6) is 3.86. The number of ether oxygens (including phenoxy) is 1. The Labute approximate surface area is 141 Å². The predicted molar refractivity (Wildman–Crippen MR) is 92.3 cm³/mol. The number of rotatable bonds is 4. The molecule has 2 N–H and O–H groups in total. The highest BCUT2D eigenvalue weighted by molar-refractivity contribution is 5.68. The Kier molecular flexibility index (Phi) is 4.41. The Morgan fingerprint density at radius 2 is 1.74 bits per heavy atom. The molecule has 3 aliphatic rings. The van der Waals surface area contributed by atoms with Crippen molar-refractivity contribution in [1.82, 2.24) is 10.6 Å². The van der Waals surface area contributed by atoms with Gasteiger partial charge < -0.3 is 15.4 Å². The zero-order valence-electron chi connectivity index (χ0n) is 15.4. The van der Waals surface area contributed by atoms with Crippen LogP contribution in [0.2, 0.25) is 0 Å². The topological polar surface area (TPSA) is 50.4 Å². The van der Waals surface area contributed by atoms with Gasteiger partial charge in [-0.3, -0.25) is 0 Å². The second-order valence-corrected chi connectivity index (χ2v) is 9.65. The summed E-state index contributed by atoms with van der Waals surface area (Å²) in [6.07, 6.45) is 6.82. The third-order valence-electron chi connectivity index (χ3n) is 6.07. The number of amides is 1. The Morgan fingerprint density at radius 1 is 1.04 bits per heavy atom. The third kappa shape index (κ3) is 3.84. The molecule has 5 atom stereocenters. The molecule has 1 amide bonds. The van der Waals surface area contributed by atoms with Crippen molar-refractivity contribution in [3.8, 4) is 0 Å². The largest absolute Gasteiger partial charge is 0.444 e. The number of fused-ring (bicyclic) bond motifs is 5. The monoisotopic (exact) mass is 322 g/mol. The van der Waals surface area contributed by atoms with Gasteiger partial charge in [0.25, 0.3) is 0 Å². The molecule has 3 saturated carbocycles. The first-order valence-electron chi connectivity index (χ1n) is 9.39. The summed E-state index contributed by atoms with van der Waals surface area (Å²) < 4.78 is 5.37. The molecule has 0 aromatic rings. The summed E-state index contributed by atoms with van der Waals surface area (Å²) in [7, 11) is 0. The summed E-state index contributed by atoms with van der Waals surface area (Å²) in [6, 6.07) is 0.652. The van der Waals surface area contributed by atoms with Gasteiger partial charge in [0.1, 0.15) is 5.60 Å². The number of alkyl carbamates (subject to hydrolysis) is 1. The molecule has 23 heavy (non-hydrogen) atoms. The molecule has 3 aliphatic carbocycles. The van der Waals surface area contributed by atoms with Gasteiger partial charge in [-0.25, -0.2) is 4.79 Å². The zero-order chi connectivity index (χ0) is 16.8. The number of hydrogen-bond donors (Lipinski definition) is 2. The molecule has 0 saturated heterocycles. The number of carbonyl (C=O) groups is 1. The van der Waals surface area contributed by atoms with Gasteiger partial charge in [-0.05, 0) is 84.0 Å². The van der Waals surface area contributed by atoms with Crippen LogP contribution in [0, 0.1) is 23.7 Å². The molecule has 0 aromatic heterocycles. The third-order valence-corrected chi connectivity index (χ3v) is 6.07. The maximum Gasteiger partial charge on any atom is 0.408 e. The molecule has 132 valence electrons. The average Bonchev–Trinajstić information content (AvgIpc) is 3.05. The first kappa shape index (κ1) is 17.1. The van der Waals surface area contributed by atoms with E-state index in [0.29, 0.717) is 6.04 Å². The van der Waals surface area contributed by atoms with Crippen LogP contribution in [0.1, 0.15) is 66.7 Å². The van der Waals surface area contributed by atoms with Gasteiger partial charge in [0.05, 0.1) is 5.54 Å². The summed E-state index contributed by atoms with van der Waals surface area (Å²) in [5.41, 5.74) is -0.741. The lowest BCUT2D eigenvalue weighted by molar-refractivity contribution is 0.0468. The van der Waals surface area contributed by atoms with Crippen molar-refractivity contribution in [3.63, 3.8) is 0 Å². The molecule has 3 fully saturated rings. The maximum atomic E-state index is 12.0. The van der Waals surface area contributed by atoms with Gasteiger partial charge in [0.2, 0.25) is 0 Å². The van der Waals surface area contributed by atoms with Gasteiger partial charge in [-0.1, -0.05) is 6.42 Å². The minimum absolute atomic E-state index is 0.292. The molecule has 0 radical (unpaired) electrons. The molecule has 0 aliphatic heterocycles. The summed E-state index contributed by atoms with van der Waals surface area (Å²) in [4.78, 5) is 12.0. The van der Waals surface area contributed by atoms with Gasteiger partial charge in [0, 0.05) is 12.6 Å². The van der Waals surface area contributed by atoms with Crippen molar-refractivity contribution in [3.05, 3.63) is 0 Å². The SMILES string of the molecule is CC(C)(CNC1CC2CC1C1CCCC21)NC(=O)OC(C)(C)C. The molecule has 4 heteroatoms. The van der Waals surface area contributed by atoms with Crippen LogP contribution in [0.4, 0.5) is 4.79 Å². The molecule has 0 heterocycles. The molecular formula is C19H34N2O2. The smallest absolute Gasteiger partial charge is 0.408 e. The van der Waals surface area contributed by atoms with E-state index >= 15 is 0 Å². The maximum absolute atomic E-state index is 12.0. The first-order chi connectivity index (χ1) is 10.6. The quantitative estimate of drug-likeness (QED) is 0.829. The van der Waals surface area contributed by atoms with Crippen LogP contribution in [-0.4, -0.2) is 29.8 Å². The van der Waals surface area contributed by atoms with E-state index in [1.807, 2.05) is 20.8 Å². The second-order valence-electron chi connectivity index (χ2n) is 9.65. The van der Waals surface area contributed by atoms with Crippen LogP contribution in [0.25, 0.3) is 0 Å². The molecule has 0 spiro atoms. The number of carbonyl (C=O) groups excluding carboxylic acids is 1. The van der Waals surface area contributed by atoms with Crippen LogP contribution in [0.15, 0.2) is 0 Å². The summed E-state index contributed by atoms with van der Waals surface area (Å²) in [5, 5.41) is 6.77. The lowest BCUT2D eigenvalue weighted by atomic mass is 9.79. The van der Waals surface area contributed by atoms with E-state index in [4.69, 9.17) is 4.74 Å². The normalized spacial score (nSPS) is 36.1. The van der Waals surface area contributed by atoms with Gasteiger partial charge in [0.15, 0.2) is 0 Å². The zero-order valence-corrected chi connectivity index (χ0v) is 15.4. The van der Waals surface area contributed by atoms with Gasteiger partial charge in [-0.15, -0.1) is 0 Å². The van der Waals surface area contributed by atoms with E-state index in [0.717, 1.165) is 30.2 Å². The second kappa shape index (κ2) is 5.94. The van der Waals surface area contributed by atoms with E-state index in [1.165, 1.54) is 32.1 Å². The fraction of sp³-hybridized carbons (Fsp3) is 0.947. The Morgan fingerprint density at radius 3 is 2.43 bits per heavy atom. The predicted octanol–water partition coefficient (Wildman–Crippen LogP) is 3.70. The standard InChI is InChI=1S/C19H34N2O2/c1-18(2,3)23-17(22)21-19(4,5)11-20-16-10-12-9-15(16)14-8-6-7-13(12)14/h12-16,20H,6-11H2,1-5H3,(H,21,22). The van der Waals surface area contributed by atoms with Gasteiger partial charge >= 0.3 is 6.09 Å². The van der Waals surface area contributed by atoms with Crippen LogP contribution in [0.5, 0.6) is 0 Å². The van der Waals surface area contributed by atoms with Crippen molar-refractivity contribution < 1.29 is 9.53 Å². The molecule has 3 rings (SSSR count). The minimum atomic E-state index is -0.449. The van der Waals surface area contributed by atoms with Crippen molar-refractivity contribution in [2.75, 3.05) is 6.54 Å². The molecule has 5 unspecified atom stereocenters. The van der Waals surface area contributed by atoms with Crippen LogP contribution in [-0.2, 0) is 4.74 Å². The van der Waals surface area contributed by atoms with Gasteiger partial charge in [-0.2, -0.15) is 0 Å². The van der Waals surface area contributed by atoms with E-state index < -0.39 is 5.60 Å². The highest BCUT2D eigenvalue weighted by Gasteiger charge is 2.53. The fourth-order valence-electron chi connectivity index (χ4n) is 5.31. The van der Waals surface area contributed by atoms with E-state index in [2.05, 4.69) is 24.5 Å². The van der Waals surface area contributed by atoms with Crippen molar-refractivity contribution in [1.29, 1.82) is 0 Å².